The number of benzene rings is 1. The van der Waals surface area contributed by atoms with Crippen molar-refractivity contribution in [2.24, 2.45) is 0 Å². The molecule has 0 radical (unpaired) electrons. The Morgan fingerprint density at radius 3 is 2.13 bits per heavy atom. The summed E-state index contributed by atoms with van der Waals surface area (Å²) in [5, 5.41) is 1.06. The fourth-order valence-corrected chi connectivity index (χ4v) is 1.78. The highest BCUT2D eigenvalue weighted by molar-refractivity contribution is 7.98. The Morgan fingerprint density at radius 2 is 1.60 bits per heavy atom. The van der Waals surface area contributed by atoms with Crippen LogP contribution in [0, 0.1) is 6.92 Å². The molecule has 0 unspecified atom stereocenters. The zero-order valence-electron chi connectivity index (χ0n) is 8.90. The topological polar surface area (TPSA) is 12.9 Å². The standard InChI is InChI=1S/C13H13NS/c1-10-3-5-11(6-4-10)12-7-8-13(15-2)14-9-12/h3-9H,1-2H3. The normalized spacial score (nSPS) is 10.3. The van der Waals surface area contributed by atoms with E-state index in [1.54, 1.807) is 11.8 Å². The van der Waals surface area contributed by atoms with Crippen LogP contribution in [0.3, 0.4) is 0 Å². The summed E-state index contributed by atoms with van der Waals surface area (Å²) >= 11 is 1.66. The number of hydrogen-bond donors (Lipinski definition) is 0. The summed E-state index contributed by atoms with van der Waals surface area (Å²) in [6, 6.07) is 12.7. The molecule has 1 nitrogen and oxygen atoms in total. The molecule has 2 aromatic rings. The lowest BCUT2D eigenvalue weighted by Gasteiger charge is -2.02. The van der Waals surface area contributed by atoms with Crippen molar-refractivity contribution in [3.8, 4) is 11.1 Å². The zero-order chi connectivity index (χ0) is 10.7. The molecule has 0 saturated carbocycles. The Labute approximate surface area is 94.6 Å². The summed E-state index contributed by atoms with van der Waals surface area (Å²) in [4.78, 5) is 4.36. The van der Waals surface area contributed by atoms with Crippen LogP contribution in [-0.2, 0) is 0 Å². The maximum Gasteiger partial charge on any atom is 0.0957 e. The second-order valence-corrected chi connectivity index (χ2v) is 4.28. The van der Waals surface area contributed by atoms with Crippen LogP contribution in [-0.4, -0.2) is 11.2 Å². The summed E-state index contributed by atoms with van der Waals surface area (Å²) in [5.41, 5.74) is 3.68. The molecule has 0 fully saturated rings. The van der Waals surface area contributed by atoms with Crippen LogP contribution in [0.15, 0.2) is 47.6 Å². The predicted molar refractivity (Wildman–Crippen MR) is 66.2 cm³/mol. The molecule has 0 saturated heterocycles. The maximum absolute atomic E-state index is 4.36. The molecule has 0 bridgehead atoms. The third-order valence-corrected chi connectivity index (χ3v) is 2.99. The molecule has 0 aliphatic heterocycles. The maximum atomic E-state index is 4.36. The van der Waals surface area contributed by atoms with E-state index in [0.717, 1.165) is 5.03 Å². The number of aromatic nitrogens is 1. The molecule has 1 heterocycles. The molecule has 0 spiro atoms. The summed E-state index contributed by atoms with van der Waals surface area (Å²) in [5.74, 6) is 0. The van der Waals surface area contributed by atoms with E-state index in [-0.39, 0.29) is 0 Å². The number of aryl methyl sites for hydroxylation is 1. The minimum atomic E-state index is 1.06. The molecular formula is C13H13NS. The van der Waals surface area contributed by atoms with Crippen molar-refractivity contribution >= 4 is 11.8 Å². The predicted octanol–water partition coefficient (Wildman–Crippen LogP) is 3.78. The quantitative estimate of drug-likeness (QED) is 0.707. The zero-order valence-corrected chi connectivity index (χ0v) is 9.71. The van der Waals surface area contributed by atoms with Gasteiger partial charge in [-0.1, -0.05) is 35.9 Å². The summed E-state index contributed by atoms with van der Waals surface area (Å²) in [6.07, 6.45) is 3.96. The minimum absolute atomic E-state index is 1.06. The lowest BCUT2D eigenvalue weighted by Crippen LogP contribution is -1.82. The average Bonchev–Trinajstić information content (AvgIpc) is 2.30. The van der Waals surface area contributed by atoms with Gasteiger partial charge >= 0.3 is 0 Å². The highest BCUT2D eigenvalue weighted by Crippen LogP contribution is 2.20. The van der Waals surface area contributed by atoms with Gasteiger partial charge in [-0.05, 0) is 24.8 Å². The van der Waals surface area contributed by atoms with Gasteiger partial charge in [0.2, 0.25) is 0 Å². The van der Waals surface area contributed by atoms with Gasteiger partial charge in [0, 0.05) is 11.8 Å². The monoisotopic (exact) mass is 215 g/mol. The number of rotatable bonds is 2. The third kappa shape index (κ3) is 2.39. The van der Waals surface area contributed by atoms with Gasteiger partial charge in [-0.2, -0.15) is 0 Å². The number of pyridine rings is 1. The minimum Gasteiger partial charge on any atom is -0.249 e. The molecule has 0 amide bonds. The van der Waals surface area contributed by atoms with E-state index in [9.17, 15) is 0 Å². The molecule has 0 atom stereocenters. The molecule has 2 heteroatoms. The van der Waals surface area contributed by atoms with E-state index in [1.165, 1.54) is 16.7 Å². The van der Waals surface area contributed by atoms with Crippen molar-refractivity contribution in [1.82, 2.24) is 4.98 Å². The first kappa shape index (κ1) is 10.2. The third-order valence-electron chi connectivity index (χ3n) is 2.33. The molecule has 0 aliphatic carbocycles. The second-order valence-electron chi connectivity index (χ2n) is 3.46. The fourth-order valence-electron chi connectivity index (χ4n) is 1.42. The molecule has 1 aromatic heterocycles. The average molecular weight is 215 g/mol. The Kier molecular flexibility index (Phi) is 3.07. The Balaban J connectivity index is 2.33. The molecule has 76 valence electrons. The van der Waals surface area contributed by atoms with Gasteiger partial charge in [0.05, 0.1) is 5.03 Å². The van der Waals surface area contributed by atoms with Crippen molar-refractivity contribution in [2.75, 3.05) is 6.26 Å². The van der Waals surface area contributed by atoms with Gasteiger partial charge in [-0.3, -0.25) is 0 Å². The first-order valence-electron chi connectivity index (χ1n) is 4.86. The van der Waals surface area contributed by atoms with E-state index in [2.05, 4.69) is 48.3 Å². The summed E-state index contributed by atoms with van der Waals surface area (Å²) in [6.45, 7) is 2.10. The van der Waals surface area contributed by atoms with Crippen LogP contribution >= 0.6 is 11.8 Å². The SMILES string of the molecule is CSc1ccc(-c2ccc(C)cc2)cn1. The number of hydrogen-bond acceptors (Lipinski definition) is 2. The first-order chi connectivity index (χ1) is 7.29. The molecule has 0 aliphatic rings. The van der Waals surface area contributed by atoms with E-state index in [1.807, 2.05) is 12.5 Å². The fraction of sp³-hybridized carbons (Fsp3) is 0.154. The molecule has 2 rings (SSSR count). The molecule has 15 heavy (non-hydrogen) atoms. The van der Waals surface area contributed by atoms with Crippen molar-refractivity contribution in [2.45, 2.75) is 11.9 Å². The Hall–Kier alpha value is -1.28. The van der Waals surface area contributed by atoms with E-state index in [0.29, 0.717) is 0 Å². The number of thioether (sulfide) groups is 1. The van der Waals surface area contributed by atoms with Crippen LogP contribution in [0.2, 0.25) is 0 Å². The molecule has 0 N–H and O–H groups in total. The molecule has 1 aromatic carbocycles. The smallest absolute Gasteiger partial charge is 0.0957 e. The van der Waals surface area contributed by atoms with Crippen molar-refractivity contribution in [1.29, 1.82) is 0 Å². The van der Waals surface area contributed by atoms with Crippen LogP contribution in [0.1, 0.15) is 5.56 Å². The summed E-state index contributed by atoms with van der Waals surface area (Å²) < 4.78 is 0. The largest absolute Gasteiger partial charge is 0.249 e. The van der Waals surface area contributed by atoms with Crippen molar-refractivity contribution in [3.63, 3.8) is 0 Å². The summed E-state index contributed by atoms with van der Waals surface area (Å²) in [7, 11) is 0. The second kappa shape index (κ2) is 4.49. The van der Waals surface area contributed by atoms with Gasteiger partial charge in [0.25, 0.3) is 0 Å². The van der Waals surface area contributed by atoms with Gasteiger partial charge in [0.15, 0.2) is 0 Å². The number of nitrogens with zero attached hydrogens (tertiary/aromatic N) is 1. The van der Waals surface area contributed by atoms with Gasteiger partial charge < -0.3 is 0 Å². The van der Waals surface area contributed by atoms with Crippen molar-refractivity contribution in [3.05, 3.63) is 48.2 Å². The van der Waals surface area contributed by atoms with Crippen LogP contribution in [0.25, 0.3) is 11.1 Å². The Morgan fingerprint density at radius 1 is 0.933 bits per heavy atom. The van der Waals surface area contributed by atoms with Gasteiger partial charge in [0.1, 0.15) is 0 Å². The van der Waals surface area contributed by atoms with Gasteiger partial charge in [-0.15, -0.1) is 11.8 Å². The van der Waals surface area contributed by atoms with Crippen LogP contribution in [0.4, 0.5) is 0 Å². The van der Waals surface area contributed by atoms with Crippen molar-refractivity contribution < 1.29 is 0 Å². The van der Waals surface area contributed by atoms with E-state index >= 15 is 0 Å². The highest BCUT2D eigenvalue weighted by atomic mass is 32.2. The Bertz CT molecular complexity index is 431. The highest BCUT2D eigenvalue weighted by Gasteiger charge is 1.97. The lowest BCUT2D eigenvalue weighted by atomic mass is 10.1. The van der Waals surface area contributed by atoms with E-state index in [4.69, 9.17) is 0 Å². The van der Waals surface area contributed by atoms with Crippen LogP contribution in [0.5, 0.6) is 0 Å². The molecular weight excluding hydrogens is 202 g/mol. The lowest BCUT2D eigenvalue weighted by molar-refractivity contribution is 1.14. The van der Waals surface area contributed by atoms with Crippen LogP contribution < -0.4 is 0 Å². The van der Waals surface area contributed by atoms with E-state index < -0.39 is 0 Å². The van der Waals surface area contributed by atoms with Gasteiger partial charge in [-0.25, -0.2) is 4.98 Å². The first-order valence-corrected chi connectivity index (χ1v) is 6.09.